The molecule has 190 valence electrons. The number of phenolic OH excluding ortho intramolecular Hbond substituents is 1. The highest BCUT2D eigenvalue weighted by Crippen LogP contribution is 2.52. The number of unbranched alkanes of at least 4 members (excludes halogenated alkanes) is 1. The number of aliphatic carboxylic acids is 1. The van der Waals surface area contributed by atoms with Crippen molar-refractivity contribution in [1.82, 2.24) is 10.2 Å². The fourth-order valence-electron chi connectivity index (χ4n) is 5.31. The molecule has 2 amide bonds. The predicted molar refractivity (Wildman–Crippen MR) is 126 cm³/mol. The number of carboxylic acids is 1. The third-order valence-corrected chi connectivity index (χ3v) is 7.08. The molecule has 3 N–H and O–H groups in total. The van der Waals surface area contributed by atoms with Crippen molar-refractivity contribution in [2.45, 2.75) is 37.8 Å². The number of para-hydroxylation sites is 1. The van der Waals surface area contributed by atoms with Gasteiger partial charge in [0.25, 0.3) is 5.69 Å². The number of fused-ring (bicyclic) bond motifs is 1. The van der Waals surface area contributed by atoms with Crippen LogP contribution in [0.2, 0.25) is 0 Å². The van der Waals surface area contributed by atoms with Crippen molar-refractivity contribution in [3.63, 3.8) is 0 Å². The van der Waals surface area contributed by atoms with E-state index in [9.17, 15) is 34.7 Å². The number of benzene rings is 2. The van der Waals surface area contributed by atoms with Gasteiger partial charge in [0, 0.05) is 36.7 Å². The molecule has 0 radical (unpaired) electrons. The number of methoxy groups -OCH3 is 1. The highest BCUT2D eigenvalue weighted by molar-refractivity contribution is 6.09. The van der Waals surface area contributed by atoms with Crippen molar-refractivity contribution in [2.24, 2.45) is 11.8 Å². The molecule has 2 saturated heterocycles. The number of likely N-dealkylation sites (tertiary alicyclic amines) is 1. The van der Waals surface area contributed by atoms with Gasteiger partial charge in [0.15, 0.2) is 11.5 Å². The standard InChI is InChI=1S/C25H27N3O8/c1-3-4-12-27-22(30)18-19(23(27)31)25(24(32)33,13-14-8-10-15(11-9-14)28(34)35)26-20(18)16-6-5-7-17(36-2)21(16)29/h5-11,18-20,26,29H,3-4,12-13H2,1-2H3,(H,32,33). The Morgan fingerprint density at radius 3 is 2.47 bits per heavy atom. The van der Waals surface area contributed by atoms with Gasteiger partial charge in [-0.25, -0.2) is 0 Å². The van der Waals surface area contributed by atoms with Crippen molar-refractivity contribution >= 4 is 23.5 Å². The number of ether oxygens (including phenoxy) is 1. The quantitative estimate of drug-likeness (QED) is 0.269. The lowest BCUT2D eigenvalue weighted by molar-refractivity contribution is -0.384. The summed E-state index contributed by atoms with van der Waals surface area (Å²) in [5.41, 5.74) is -1.36. The molecular formula is C25H27N3O8. The number of phenols is 1. The second-order valence-electron chi connectivity index (χ2n) is 9.08. The van der Waals surface area contributed by atoms with Crippen LogP contribution in [0.3, 0.4) is 0 Å². The van der Waals surface area contributed by atoms with Crippen LogP contribution in [0.4, 0.5) is 5.69 Å². The van der Waals surface area contributed by atoms with E-state index >= 15 is 0 Å². The number of hydrogen-bond acceptors (Lipinski definition) is 8. The number of nitro benzene ring substituents is 1. The van der Waals surface area contributed by atoms with E-state index in [0.29, 0.717) is 12.0 Å². The number of hydrogen-bond donors (Lipinski definition) is 3. The lowest BCUT2D eigenvalue weighted by Gasteiger charge is -2.31. The minimum atomic E-state index is -1.89. The molecule has 2 aromatic rings. The molecule has 0 aliphatic carbocycles. The first kappa shape index (κ1) is 25.1. The molecule has 4 unspecified atom stereocenters. The minimum absolute atomic E-state index is 0.147. The number of non-ortho nitro benzene ring substituents is 1. The molecule has 0 spiro atoms. The summed E-state index contributed by atoms with van der Waals surface area (Å²) >= 11 is 0. The average molecular weight is 498 g/mol. The van der Waals surface area contributed by atoms with E-state index in [4.69, 9.17) is 4.74 Å². The lowest BCUT2D eigenvalue weighted by Crippen LogP contribution is -2.57. The zero-order valence-electron chi connectivity index (χ0n) is 19.8. The number of carbonyl (C=O) groups excluding carboxylic acids is 2. The lowest BCUT2D eigenvalue weighted by atomic mass is 9.76. The number of nitro groups is 1. The Morgan fingerprint density at radius 2 is 1.89 bits per heavy atom. The van der Waals surface area contributed by atoms with Gasteiger partial charge in [-0.3, -0.25) is 34.7 Å². The van der Waals surface area contributed by atoms with Gasteiger partial charge in [-0.1, -0.05) is 37.6 Å². The molecule has 4 rings (SSSR count). The number of carboxylic acid groups (broad SMARTS) is 1. The monoisotopic (exact) mass is 497 g/mol. The Balaban J connectivity index is 1.83. The summed E-state index contributed by atoms with van der Waals surface area (Å²) in [6.07, 6.45) is 1.10. The number of nitrogens with zero attached hydrogens (tertiary/aromatic N) is 2. The second-order valence-corrected chi connectivity index (χ2v) is 9.08. The number of imide groups is 1. The Labute approximate surface area is 206 Å². The molecule has 2 fully saturated rings. The van der Waals surface area contributed by atoms with Crippen molar-refractivity contribution < 1.29 is 34.3 Å². The van der Waals surface area contributed by atoms with Crippen LogP contribution < -0.4 is 10.1 Å². The van der Waals surface area contributed by atoms with E-state index in [0.717, 1.165) is 11.3 Å². The third kappa shape index (κ3) is 3.95. The molecule has 0 bridgehead atoms. The van der Waals surface area contributed by atoms with Gasteiger partial charge in [0.1, 0.15) is 5.54 Å². The summed E-state index contributed by atoms with van der Waals surface area (Å²) in [5, 5.41) is 35.4. The first-order valence-corrected chi connectivity index (χ1v) is 11.6. The Morgan fingerprint density at radius 1 is 1.19 bits per heavy atom. The van der Waals surface area contributed by atoms with Gasteiger partial charge >= 0.3 is 5.97 Å². The molecule has 0 aromatic heterocycles. The Bertz CT molecular complexity index is 1210. The maximum Gasteiger partial charge on any atom is 0.325 e. The average Bonchev–Trinajstić information content (AvgIpc) is 3.32. The molecule has 11 heteroatoms. The van der Waals surface area contributed by atoms with Gasteiger partial charge in [0.05, 0.1) is 23.9 Å². The van der Waals surface area contributed by atoms with Gasteiger partial charge in [-0.2, -0.15) is 0 Å². The summed E-state index contributed by atoms with van der Waals surface area (Å²) < 4.78 is 5.19. The van der Waals surface area contributed by atoms with Crippen LogP contribution in [0.25, 0.3) is 0 Å². The molecular weight excluding hydrogens is 470 g/mol. The zero-order chi connectivity index (χ0) is 26.2. The number of nitrogens with one attached hydrogen (secondary N) is 1. The number of carbonyl (C=O) groups is 3. The summed E-state index contributed by atoms with van der Waals surface area (Å²) in [6.45, 7) is 2.09. The van der Waals surface area contributed by atoms with Crippen LogP contribution in [-0.2, 0) is 20.8 Å². The fraction of sp³-hybridized carbons (Fsp3) is 0.400. The molecule has 11 nitrogen and oxygen atoms in total. The van der Waals surface area contributed by atoms with Crippen molar-refractivity contribution in [1.29, 1.82) is 0 Å². The molecule has 2 heterocycles. The summed E-state index contributed by atoms with van der Waals surface area (Å²) in [6, 6.07) is 9.11. The highest BCUT2D eigenvalue weighted by atomic mass is 16.6. The van der Waals surface area contributed by atoms with Gasteiger partial charge in [0.2, 0.25) is 11.8 Å². The topological polar surface area (TPSA) is 159 Å². The third-order valence-electron chi connectivity index (χ3n) is 7.08. The van der Waals surface area contributed by atoms with E-state index in [1.807, 2.05) is 6.92 Å². The zero-order valence-corrected chi connectivity index (χ0v) is 19.8. The number of aromatic hydroxyl groups is 1. The normalized spacial score (nSPS) is 25.2. The van der Waals surface area contributed by atoms with Crippen LogP contribution >= 0.6 is 0 Å². The maximum absolute atomic E-state index is 13.6. The predicted octanol–water partition coefficient (Wildman–Crippen LogP) is 2.42. The summed E-state index contributed by atoms with van der Waals surface area (Å²) in [7, 11) is 1.37. The van der Waals surface area contributed by atoms with E-state index < -0.39 is 46.1 Å². The van der Waals surface area contributed by atoms with E-state index in [1.165, 1.54) is 37.4 Å². The molecule has 36 heavy (non-hydrogen) atoms. The fourth-order valence-corrected chi connectivity index (χ4v) is 5.31. The molecule has 0 saturated carbocycles. The van der Waals surface area contributed by atoms with Gasteiger partial charge < -0.3 is 14.9 Å². The van der Waals surface area contributed by atoms with Crippen molar-refractivity contribution in [2.75, 3.05) is 13.7 Å². The summed E-state index contributed by atoms with van der Waals surface area (Å²) in [5.74, 6) is -4.83. The molecule has 2 aliphatic heterocycles. The first-order valence-electron chi connectivity index (χ1n) is 11.6. The molecule has 4 atom stereocenters. The van der Waals surface area contributed by atoms with Crippen LogP contribution in [-0.4, -0.2) is 57.0 Å². The first-order chi connectivity index (χ1) is 17.2. The maximum atomic E-state index is 13.6. The Hall–Kier alpha value is -3.99. The van der Waals surface area contributed by atoms with Gasteiger partial charge in [-0.15, -0.1) is 0 Å². The minimum Gasteiger partial charge on any atom is -0.504 e. The van der Waals surface area contributed by atoms with E-state index in [-0.39, 0.29) is 35.7 Å². The molecule has 2 aliphatic rings. The van der Waals surface area contributed by atoms with E-state index in [1.54, 1.807) is 12.1 Å². The molecule has 2 aromatic carbocycles. The number of amides is 2. The van der Waals surface area contributed by atoms with Gasteiger partial charge in [-0.05, 0) is 18.1 Å². The van der Waals surface area contributed by atoms with Crippen molar-refractivity contribution in [3.8, 4) is 11.5 Å². The summed E-state index contributed by atoms with van der Waals surface area (Å²) in [4.78, 5) is 51.6. The SMILES string of the molecule is CCCCN1C(=O)C2C(c3cccc(OC)c3O)NC(Cc3ccc([N+](=O)[O-])cc3)(C(=O)O)C2C1=O. The van der Waals surface area contributed by atoms with Crippen LogP contribution in [0, 0.1) is 22.0 Å². The second kappa shape index (κ2) is 9.57. The largest absolute Gasteiger partial charge is 0.504 e. The smallest absolute Gasteiger partial charge is 0.325 e. The highest BCUT2D eigenvalue weighted by Gasteiger charge is 2.68. The Kier molecular flexibility index (Phi) is 6.68. The van der Waals surface area contributed by atoms with Crippen molar-refractivity contribution in [3.05, 3.63) is 63.7 Å². The van der Waals surface area contributed by atoms with Crippen LogP contribution in [0.1, 0.15) is 36.9 Å². The van der Waals surface area contributed by atoms with Crippen LogP contribution in [0.5, 0.6) is 11.5 Å². The van der Waals surface area contributed by atoms with Crippen LogP contribution in [0.15, 0.2) is 42.5 Å². The number of rotatable bonds is 9. The van der Waals surface area contributed by atoms with E-state index in [2.05, 4.69) is 5.32 Å².